The summed E-state index contributed by atoms with van der Waals surface area (Å²) in [7, 11) is -3.06. The Morgan fingerprint density at radius 1 is 1.04 bits per heavy atom. The quantitative estimate of drug-likeness (QED) is 0.769. The van der Waals surface area contributed by atoms with Gasteiger partial charge in [-0.3, -0.25) is 14.5 Å². The molecule has 136 valence electrons. The predicted molar refractivity (Wildman–Crippen MR) is 88.4 cm³/mol. The SMILES string of the molecule is O=C(O)C1CCCN1CC(=O)N(C1CCCC1)C1CCS(=O)(=O)C1. The van der Waals surface area contributed by atoms with E-state index in [1.807, 2.05) is 0 Å². The molecule has 3 rings (SSSR count). The summed E-state index contributed by atoms with van der Waals surface area (Å²) in [6, 6.07) is -0.718. The average Bonchev–Trinajstić information content (AvgIpc) is 3.21. The number of nitrogens with zero attached hydrogens (tertiary/aromatic N) is 2. The maximum Gasteiger partial charge on any atom is 0.320 e. The number of aliphatic carboxylic acids is 1. The van der Waals surface area contributed by atoms with E-state index in [4.69, 9.17) is 0 Å². The molecule has 0 aromatic heterocycles. The Hall–Kier alpha value is -1.15. The summed E-state index contributed by atoms with van der Waals surface area (Å²) in [6.07, 6.45) is 5.84. The molecule has 2 saturated heterocycles. The number of carbonyl (C=O) groups excluding carboxylic acids is 1. The van der Waals surface area contributed by atoms with E-state index in [1.54, 1.807) is 9.80 Å². The van der Waals surface area contributed by atoms with E-state index >= 15 is 0 Å². The first-order chi connectivity index (χ1) is 11.4. The van der Waals surface area contributed by atoms with Crippen molar-refractivity contribution in [2.24, 2.45) is 0 Å². The molecule has 3 fully saturated rings. The van der Waals surface area contributed by atoms with Gasteiger partial charge in [-0.15, -0.1) is 0 Å². The van der Waals surface area contributed by atoms with Crippen molar-refractivity contribution in [3.63, 3.8) is 0 Å². The Labute approximate surface area is 142 Å². The van der Waals surface area contributed by atoms with Crippen LogP contribution in [0.15, 0.2) is 0 Å². The van der Waals surface area contributed by atoms with Gasteiger partial charge in [-0.1, -0.05) is 12.8 Å². The van der Waals surface area contributed by atoms with Crippen molar-refractivity contribution < 1.29 is 23.1 Å². The number of amides is 1. The molecule has 1 N–H and O–H groups in total. The zero-order valence-electron chi connectivity index (χ0n) is 13.9. The Morgan fingerprint density at radius 3 is 2.33 bits per heavy atom. The third kappa shape index (κ3) is 3.74. The number of hydrogen-bond acceptors (Lipinski definition) is 5. The molecule has 3 aliphatic rings. The van der Waals surface area contributed by atoms with E-state index in [1.165, 1.54) is 0 Å². The third-order valence-corrected chi connectivity index (χ3v) is 7.35. The number of rotatable bonds is 5. The molecule has 0 bridgehead atoms. The number of hydrogen-bond donors (Lipinski definition) is 1. The lowest BCUT2D eigenvalue weighted by Crippen LogP contribution is -2.52. The highest BCUT2D eigenvalue weighted by Crippen LogP contribution is 2.30. The van der Waals surface area contributed by atoms with Gasteiger partial charge in [0.2, 0.25) is 5.91 Å². The van der Waals surface area contributed by atoms with Crippen molar-refractivity contribution in [3.8, 4) is 0 Å². The lowest BCUT2D eigenvalue weighted by molar-refractivity contribution is -0.144. The van der Waals surface area contributed by atoms with E-state index in [0.29, 0.717) is 19.4 Å². The zero-order valence-corrected chi connectivity index (χ0v) is 14.7. The van der Waals surface area contributed by atoms with Crippen molar-refractivity contribution in [2.45, 2.75) is 63.1 Å². The van der Waals surface area contributed by atoms with Crippen LogP contribution < -0.4 is 0 Å². The smallest absolute Gasteiger partial charge is 0.320 e. The van der Waals surface area contributed by atoms with Gasteiger partial charge in [0.25, 0.3) is 0 Å². The Morgan fingerprint density at radius 2 is 1.75 bits per heavy atom. The highest BCUT2D eigenvalue weighted by molar-refractivity contribution is 7.91. The van der Waals surface area contributed by atoms with Gasteiger partial charge >= 0.3 is 5.97 Å². The van der Waals surface area contributed by atoms with Crippen molar-refractivity contribution in [2.75, 3.05) is 24.6 Å². The van der Waals surface area contributed by atoms with Crippen LogP contribution in [0.4, 0.5) is 0 Å². The standard InChI is InChI=1S/C16H26N2O5S/c19-15(10-17-8-3-6-14(17)16(20)21)18(12-4-1-2-5-12)13-7-9-24(22,23)11-13/h12-14H,1-11H2,(H,20,21). The van der Waals surface area contributed by atoms with Crippen LogP contribution in [-0.4, -0.2) is 77.9 Å². The molecule has 2 heterocycles. The maximum absolute atomic E-state index is 12.9. The fourth-order valence-corrected chi connectivity index (χ4v) is 6.14. The molecule has 2 unspecified atom stereocenters. The summed E-state index contributed by atoms with van der Waals surface area (Å²) in [5.74, 6) is -0.777. The van der Waals surface area contributed by atoms with Gasteiger partial charge in [0, 0.05) is 12.1 Å². The van der Waals surface area contributed by atoms with E-state index in [0.717, 1.165) is 32.1 Å². The normalized spacial score (nSPS) is 30.7. The molecule has 8 heteroatoms. The Balaban J connectivity index is 1.73. The molecule has 1 aliphatic carbocycles. The van der Waals surface area contributed by atoms with Gasteiger partial charge in [-0.25, -0.2) is 8.42 Å². The van der Waals surface area contributed by atoms with Crippen LogP contribution in [0.25, 0.3) is 0 Å². The number of likely N-dealkylation sites (tertiary alicyclic amines) is 1. The van der Waals surface area contributed by atoms with Crippen LogP contribution in [-0.2, 0) is 19.4 Å². The summed E-state index contributed by atoms with van der Waals surface area (Å²) in [4.78, 5) is 27.8. The summed E-state index contributed by atoms with van der Waals surface area (Å²) in [5, 5.41) is 9.28. The van der Waals surface area contributed by atoms with Gasteiger partial charge in [0.05, 0.1) is 18.1 Å². The molecule has 0 radical (unpaired) electrons. The van der Waals surface area contributed by atoms with Gasteiger partial charge in [0.1, 0.15) is 6.04 Å². The van der Waals surface area contributed by atoms with E-state index in [2.05, 4.69) is 0 Å². The van der Waals surface area contributed by atoms with E-state index < -0.39 is 21.8 Å². The second kappa shape index (κ2) is 7.00. The minimum atomic E-state index is -3.06. The molecule has 0 aromatic carbocycles. The topological polar surface area (TPSA) is 95.0 Å². The van der Waals surface area contributed by atoms with Crippen LogP contribution in [0.2, 0.25) is 0 Å². The summed E-state index contributed by atoms with van der Waals surface area (Å²) in [5.41, 5.74) is 0. The van der Waals surface area contributed by atoms with E-state index in [9.17, 15) is 23.1 Å². The first-order valence-electron chi connectivity index (χ1n) is 8.86. The van der Waals surface area contributed by atoms with Crippen LogP contribution in [0, 0.1) is 0 Å². The Bertz CT molecular complexity index is 600. The molecule has 1 amide bonds. The fourth-order valence-electron chi connectivity index (χ4n) is 4.43. The number of carboxylic acid groups (broad SMARTS) is 1. The largest absolute Gasteiger partial charge is 0.480 e. The molecular weight excluding hydrogens is 332 g/mol. The number of sulfone groups is 1. The zero-order chi connectivity index (χ0) is 17.3. The first-order valence-corrected chi connectivity index (χ1v) is 10.7. The van der Waals surface area contributed by atoms with Gasteiger partial charge in [-0.2, -0.15) is 0 Å². The van der Waals surface area contributed by atoms with Crippen molar-refractivity contribution in [1.82, 2.24) is 9.80 Å². The monoisotopic (exact) mass is 358 g/mol. The second-order valence-corrected chi connectivity index (χ2v) is 9.49. The fraction of sp³-hybridized carbons (Fsp3) is 0.875. The van der Waals surface area contributed by atoms with Crippen LogP contribution in [0.3, 0.4) is 0 Å². The molecule has 24 heavy (non-hydrogen) atoms. The van der Waals surface area contributed by atoms with Crippen molar-refractivity contribution in [1.29, 1.82) is 0 Å². The highest BCUT2D eigenvalue weighted by Gasteiger charge is 2.40. The lowest BCUT2D eigenvalue weighted by Gasteiger charge is -2.35. The summed E-state index contributed by atoms with van der Waals surface area (Å²) in [6.45, 7) is 0.703. The number of carbonyl (C=O) groups is 2. The Kier molecular flexibility index (Phi) is 5.15. The minimum Gasteiger partial charge on any atom is -0.480 e. The van der Waals surface area contributed by atoms with Gasteiger partial charge in [-0.05, 0) is 38.6 Å². The lowest BCUT2D eigenvalue weighted by atomic mass is 10.1. The number of carboxylic acids is 1. The van der Waals surface area contributed by atoms with Crippen molar-refractivity contribution in [3.05, 3.63) is 0 Å². The summed E-state index contributed by atoms with van der Waals surface area (Å²) < 4.78 is 23.7. The first kappa shape index (κ1) is 17.7. The minimum absolute atomic E-state index is 0.0532. The van der Waals surface area contributed by atoms with Gasteiger partial charge in [0.15, 0.2) is 9.84 Å². The van der Waals surface area contributed by atoms with Crippen molar-refractivity contribution >= 4 is 21.7 Å². The van der Waals surface area contributed by atoms with Crippen LogP contribution in [0.1, 0.15) is 44.9 Å². The summed E-state index contributed by atoms with van der Waals surface area (Å²) >= 11 is 0. The molecule has 1 saturated carbocycles. The molecule has 2 aliphatic heterocycles. The molecule has 2 atom stereocenters. The predicted octanol–water partition coefficient (Wildman–Crippen LogP) is 0.494. The molecule has 0 spiro atoms. The van der Waals surface area contributed by atoms with Gasteiger partial charge < -0.3 is 10.0 Å². The second-order valence-electron chi connectivity index (χ2n) is 7.26. The van der Waals surface area contributed by atoms with E-state index in [-0.39, 0.29) is 36.0 Å². The van der Waals surface area contributed by atoms with Crippen LogP contribution >= 0.6 is 0 Å². The average molecular weight is 358 g/mol. The van der Waals surface area contributed by atoms with Crippen LogP contribution in [0.5, 0.6) is 0 Å². The molecule has 0 aromatic rings. The molecule has 7 nitrogen and oxygen atoms in total. The molecular formula is C16H26N2O5S. The maximum atomic E-state index is 12.9. The third-order valence-electron chi connectivity index (χ3n) is 5.59. The highest BCUT2D eigenvalue weighted by atomic mass is 32.2.